The van der Waals surface area contributed by atoms with Gasteiger partial charge in [-0.1, -0.05) is 17.7 Å². The van der Waals surface area contributed by atoms with Gasteiger partial charge in [-0.05, 0) is 52.2 Å². The fourth-order valence-electron chi connectivity index (χ4n) is 3.14. The highest BCUT2D eigenvalue weighted by molar-refractivity contribution is 5.96. The zero-order valence-electron chi connectivity index (χ0n) is 15.1. The number of nitrogens with one attached hydrogen (secondary N) is 1. The van der Waals surface area contributed by atoms with Crippen LogP contribution in [0, 0.1) is 6.92 Å². The number of carbonyl (C=O) groups is 3. The van der Waals surface area contributed by atoms with E-state index in [-0.39, 0.29) is 37.0 Å². The number of carbonyl (C=O) groups excluding carboxylic acids is 3. The van der Waals surface area contributed by atoms with Crippen molar-refractivity contribution >= 4 is 17.8 Å². The number of likely N-dealkylation sites (tertiary alicyclic amines) is 1. The molecule has 2 rings (SSSR count). The molecule has 2 atom stereocenters. The van der Waals surface area contributed by atoms with Crippen molar-refractivity contribution in [1.82, 2.24) is 10.2 Å². The van der Waals surface area contributed by atoms with E-state index in [0.29, 0.717) is 5.56 Å². The first-order chi connectivity index (χ1) is 11.9. The molecule has 136 valence electrons. The normalized spacial score (nSPS) is 20.0. The second-order valence-corrected chi connectivity index (χ2v) is 6.64. The van der Waals surface area contributed by atoms with E-state index in [9.17, 15) is 14.4 Å². The highest BCUT2D eigenvalue weighted by atomic mass is 16.5. The number of piperidine rings is 1. The minimum absolute atomic E-state index is 0.163. The number of ether oxygens (including phenoxy) is 1. The summed E-state index contributed by atoms with van der Waals surface area (Å²) in [5, 5.41) is 2.50. The molecule has 6 nitrogen and oxygen atoms in total. The number of esters is 1. The van der Waals surface area contributed by atoms with Crippen molar-refractivity contribution in [3.05, 3.63) is 35.4 Å². The van der Waals surface area contributed by atoms with Gasteiger partial charge in [-0.15, -0.1) is 0 Å². The first-order valence-corrected chi connectivity index (χ1v) is 8.70. The molecular weight excluding hydrogens is 320 g/mol. The Bertz CT molecular complexity index is 617. The fraction of sp³-hybridized carbons (Fsp3) is 0.526. The fourth-order valence-corrected chi connectivity index (χ4v) is 3.14. The van der Waals surface area contributed by atoms with Crippen molar-refractivity contribution in [3.63, 3.8) is 0 Å². The van der Waals surface area contributed by atoms with Crippen LogP contribution in [-0.4, -0.2) is 47.9 Å². The number of amides is 2. The summed E-state index contributed by atoms with van der Waals surface area (Å²) < 4.78 is 5.01. The summed E-state index contributed by atoms with van der Waals surface area (Å²) >= 11 is 0. The number of hydrogen-bond acceptors (Lipinski definition) is 4. The molecule has 0 radical (unpaired) electrons. The Kier molecular flexibility index (Phi) is 6.56. The lowest BCUT2D eigenvalue weighted by atomic mass is 9.97. The van der Waals surface area contributed by atoms with Gasteiger partial charge < -0.3 is 15.0 Å². The first kappa shape index (κ1) is 19.0. The van der Waals surface area contributed by atoms with Crippen molar-refractivity contribution in [2.45, 2.75) is 52.1 Å². The van der Waals surface area contributed by atoms with Crippen molar-refractivity contribution in [2.24, 2.45) is 0 Å². The topological polar surface area (TPSA) is 75.7 Å². The lowest BCUT2D eigenvalue weighted by Crippen LogP contribution is -2.49. The van der Waals surface area contributed by atoms with Crippen LogP contribution in [0.25, 0.3) is 0 Å². The minimum Gasteiger partial charge on any atom is -0.454 e. The van der Waals surface area contributed by atoms with Crippen molar-refractivity contribution in [1.29, 1.82) is 0 Å². The molecule has 1 fully saturated rings. The van der Waals surface area contributed by atoms with E-state index in [1.807, 2.05) is 32.9 Å². The van der Waals surface area contributed by atoms with Gasteiger partial charge in [-0.25, -0.2) is 0 Å². The molecule has 1 N–H and O–H groups in total. The van der Waals surface area contributed by atoms with Crippen LogP contribution in [0.5, 0.6) is 0 Å². The zero-order valence-corrected chi connectivity index (χ0v) is 15.1. The van der Waals surface area contributed by atoms with Crippen LogP contribution in [0.1, 0.15) is 49.0 Å². The predicted molar refractivity (Wildman–Crippen MR) is 94.1 cm³/mol. The summed E-state index contributed by atoms with van der Waals surface area (Å²) in [5.74, 6) is -1.15. The SMILES string of the molecule is Cc1ccc(C(=O)NCC(=O)OCC(=O)N2[C@@H](C)CCC[C@@H]2C)cc1. The quantitative estimate of drug-likeness (QED) is 0.828. The van der Waals surface area contributed by atoms with Gasteiger partial charge in [-0.3, -0.25) is 14.4 Å². The number of rotatable bonds is 5. The summed E-state index contributed by atoms with van der Waals surface area (Å²) in [6.07, 6.45) is 3.05. The Morgan fingerprint density at radius 1 is 1.12 bits per heavy atom. The molecule has 0 aromatic heterocycles. The molecule has 0 unspecified atom stereocenters. The molecule has 1 aliphatic rings. The Labute approximate surface area is 148 Å². The van der Waals surface area contributed by atoms with Gasteiger partial charge in [0.15, 0.2) is 6.61 Å². The van der Waals surface area contributed by atoms with Gasteiger partial charge >= 0.3 is 5.97 Å². The van der Waals surface area contributed by atoms with E-state index in [2.05, 4.69) is 5.32 Å². The molecule has 0 spiro atoms. The third kappa shape index (κ3) is 5.31. The molecule has 25 heavy (non-hydrogen) atoms. The van der Waals surface area contributed by atoms with Crippen molar-refractivity contribution in [3.8, 4) is 0 Å². The maximum absolute atomic E-state index is 12.3. The minimum atomic E-state index is -0.619. The van der Waals surface area contributed by atoms with Gasteiger partial charge in [0, 0.05) is 17.6 Å². The van der Waals surface area contributed by atoms with Gasteiger partial charge in [0.05, 0.1) is 0 Å². The molecule has 6 heteroatoms. The number of hydrogen-bond donors (Lipinski definition) is 1. The Morgan fingerprint density at radius 2 is 1.72 bits per heavy atom. The van der Waals surface area contributed by atoms with E-state index in [0.717, 1.165) is 24.8 Å². The van der Waals surface area contributed by atoms with Crippen LogP contribution in [0.3, 0.4) is 0 Å². The number of aryl methyl sites for hydroxylation is 1. The highest BCUT2D eigenvalue weighted by Crippen LogP contribution is 2.22. The molecule has 0 aliphatic carbocycles. The first-order valence-electron chi connectivity index (χ1n) is 8.70. The van der Waals surface area contributed by atoms with Crippen molar-refractivity contribution < 1.29 is 19.1 Å². The van der Waals surface area contributed by atoms with Crippen LogP contribution in [0.2, 0.25) is 0 Å². The van der Waals surface area contributed by atoms with E-state index in [4.69, 9.17) is 4.74 Å². The van der Waals surface area contributed by atoms with Gasteiger partial charge in [0.1, 0.15) is 6.54 Å². The average Bonchev–Trinajstić information content (AvgIpc) is 2.58. The second kappa shape index (κ2) is 8.65. The molecule has 1 saturated heterocycles. The molecular formula is C19H26N2O4. The summed E-state index contributed by atoms with van der Waals surface area (Å²) in [5.41, 5.74) is 1.53. The van der Waals surface area contributed by atoms with Crippen LogP contribution < -0.4 is 5.32 Å². The largest absolute Gasteiger partial charge is 0.454 e. The third-order valence-electron chi connectivity index (χ3n) is 4.55. The molecule has 1 heterocycles. The standard InChI is InChI=1S/C19H26N2O4/c1-13-7-9-16(10-8-13)19(24)20-11-18(23)25-12-17(22)21-14(2)5-4-6-15(21)3/h7-10,14-15H,4-6,11-12H2,1-3H3,(H,20,24)/t14-,15-/m0/s1. The van der Waals surface area contributed by atoms with Crippen LogP contribution in [0.15, 0.2) is 24.3 Å². The summed E-state index contributed by atoms with van der Waals surface area (Å²) in [6, 6.07) is 7.36. The Balaban J connectivity index is 1.75. The van der Waals surface area contributed by atoms with Gasteiger partial charge in [-0.2, -0.15) is 0 Å². The molecule has 0 saturated carbocycles. The average molecular weight is 346 g/mol. The van der Waals surface area contributed by atoms with Crippen LogP contribution >= 0.6 is 0 Å². The van der Waals surface area contributed by atoms with Gasteiger partial charge in [0.25, 0.3) is 11.8 Å². The highest BCUT2D eigenvalue weighted by Gasteiger charge is 2.29. The van der Waals surface area contributed by atoms with E-state index in [1.165, 1.54) is 0 Å². The van der Waals surface area contributed by atoms with Crippen LogP contribution in [-0.2, 0) is 14.3 Å². The number of nitrogens with zero attached hydrogens (tertiary/aromatic N) is 1. The predicted octanol–water partition coefficient (Wildman–Crippen LogP) is 2.06. The number of benzene rings is 1. The van der Waals surface area contributed by atoms with E-state index < -0.39 is 5.97 Å². The zero-order chi connectivity index (χ0) is 18.4. The molecule has 0 bridgehead atoms. The maximum Gasteiger partial charge on any atom is 0.325 e. The Morgan fingerprint density at radius 3 is 2.32 bits per heavy atom. The van der Waals surface area contributed by atoms with Crippen molar-refractivity contribution in [2.75, 3.05) is 13.2 Å². The van der Waals surface area contributed by atoms with E-state index >= 15 is 0 Å². The Hall–Kier alpha value is -2.37. The second-order valence-electron chi connectivity index (χ2n) is 6.64. The third-order valence-corrected chi connectivity index (χ3v) is 4.55. The molecule has 1 aromatic rings. The molecule has 1 aliphatic heterocycles. The monoisotopic (exact) mass is 346 g/mol. The molecule has 2 amide bonds. The van der Waals surface area contributed by atoms with Gasteiger partial charge in [0.2, 0.25) is 0 Å². The molecule has 1 aromatic carbocycles. The summed E-state index contributed by atoms with van der Waals surface area (Å²) in [6.45, 7) is 5.41. The van der Waals surface area contributed by atoms with E-state index in [1.54, 1.807) is 17.0 Å². The lowest BCUT2D eigenvalue weighted by Gasteiger charge is -2.38. The van der Waals surface area contributed by atoms with Crippen LogP contribution in [0.4, 0.5) is 0 Å². The smallest absolute Gasteiger partial charge is 0.325 e. The maximum atomic E-state index is 12.3. The summed E-state index contributed by atoms with van der Waals surface area (Å²) in [4.78, 5) is 37.8. The lowest BCUT2D eigenvalue weighted by molar-refractivity contribution is -0.154. The summed E-state index contributed by atoms with van der Waals surface area (Å²) in [7, 11) is 0.